The zero-order valence-corrected chi connectivity index (χ0v) is 11.1. The van der Waals surface area contributed by atoms with Crippen molar-refractivity contribution >= 4 is 27.7 Å². The summed E-state index contributed by atoms with van der Waals surface area (Å²) in [6.45, 7) is 4.28. The molecule has 1 aromatic rings. The maximum atomic E-state index is 5.64. The summed E-state index contributed by atoms with van der Waals surface area (Å²) in [6, 6.07) is 0. The Kier molecular flexibility index (Phi) is 3.63. The molecule has 1 saturated carbocycles. The van der Waals surface area contributed by atoms with Gasteiger partial charge in [0.25, 0.3) is 0 Å². The standard InChI is InChI=1S/C11H17BrN4/c1-2-5-16(7-8-3-4-8)10-9(12)6-14-11(13)15-10/h6,8H,2-5,7H2,1H3,(H2,13,14,15). The molecule has 1 heterocycles. The van der Waals surface area contributed by atoms with Gasteiger partial charge in [-0.1, -0.05) is 6.92 Å². The summed E-state index contributed by atoms with van der Waals surface area (Å²) in [5, 5.41) is 0. The van der Waals surface area contributed by atoms with Crippen molar-refractivity contribution in [1.29, 1.82) is 0 Å². The van der Waals surface area contributed by atoms with Gasteiger partial charge in [0.05, 0.1) is 4.47 Å². The van der Waals surface area contributed by atoms with E-state index in [0.717, 1.165) is 35.7 Å². The van der Waals surface area contributed by atoms with Gasteiger partial charge >= 0.3 is 0 Å². The summed E-state index contributed by atoms with van der Waals surface area (Å²) in [6.07, 6.45) is 5.53. The van der Waals surface area contributed by atoms with E-state index in [2.05, 4.69) is 37.7 Å². The third-order valence-electron chi connectivity index (χ3n) is 2.71. The first-order valence-corrected chi connectivity index (χ1v) is 6.53. The number of rotatable bonds is 5. The Morgan fingerprint density at radius 2 is 2.31 bits per heavy atom. The molecule has 16 heavy (non-hydrogen) atoms. The molecule has 0 saturated heterocycles. The molecule has 0 aliphatic heterocycles. The number of hydrogen-bond donors (Lipinski definition) is 1. The Hall–Kier alpha value is -0.840. The Bertz CT molecular complexity index is 365. The van der Waals surface area contributed by atoms with Gasteiger partial charge in [0, 0.05) is 19.3 Å². The van der Waals surface area contributed by atoms with Gasteiger partial charge in [0.15, 0.2) is 0 Å². The molecule has 2 N–H and O–H groups in total. The molecule has 0 unspecified atom stereocenters. The van der Waals surface area contributed by atoms with Gasteiger partial charge in [-0.2, -0.15) is 4.98 Å². The van der Waals surface area contributed by atoms with Crippen LogP contribution < -0.4 is 10.6 Å². The van der Waals surface area contributed by atoms with Crippen LogP contribution in [0.1, 0.15) is 26.2 Å². The lowest BCUT2D eigenvalue weighted by molar-refractivity contribution is 0.697. The van der Waals surface area contributed by atoms with E-state index in [9.17, 15) is 0 Å². The quantitative estimate of drug-likeness (QED) is 0.902. The maximum absolute atomic E-state index is 5.64. The second kappa shape index (κ2) is 4.99. The Morgan fingerprint density at radius 3 is 2.94 bits per heavy atom. The third-order valence-corrected chi connectivity index (χ3v) is 3.27. The topological polar surface area (TPSA) is 55.0 Å². The zero-order chi connectivity index (χ0) is 11.5. The second-order valence-electron chi connectivity index (χ2n) is 4.29. The summed E-state index contributed by atoms with van der Waals surface area (Å²) >= 11 is 3.49. The predicted octanol–water partition coefficient (Wildman–Crippen LogP) is 2.45. The van der Waals surface area contributed by atoms with E-state index >= 15 is 0 Å². The van der Waals surface area contributed by atoms with E-state index in [1.54, 1.807) is 6.20 Å². The van der Waals surface area contributed by atoms with Crippen LogP contribution >= 0.6 is 15.9 Å². The van der Waals surface area contributed by atoms with Crippen molar-refractivity contribution in [2.75, 3.05) is 23.7 Å². The number of halogens is 1. The van der Waals surface area contributed by atoms with E-state index in [1.807, 2.05) is 0 Å². The fraction of sp³-hybridized carbons (Fsp3) is 0.636. The molecule has 2 rings (SSSR count). The van der Waals surface area contributed by atoms with Gasteiger partial charge in [0.2, 0.25) is 5.95 Å². The van der Waals surface area contributed by atoms with Gasteiger partial charge < -0.3 is 10.6 Å². The van der Waals surface area contributed by atoms with Gasteiger partial charge in [-0.3, -0.25) is 0 Å². The van der Waals surface area contributed by atoms with Gasteiger partial charge in [-0.05, 0) is 41.1 Å². The fourth-order valence-electron chi connectivity index (χ4n) is 1.76. The lowest BCUT2D eigenvalue weighted by atomic mass is 10.3. The van der Waals surface area contributed by atoms with Crippen molar-refractivity contribution in [3.8, 4) is 0 Å². The highest BCUT2D eigenvalue weighted by Gasteiger charge is 2.25. The number of nitrogens with zero attached hydrogens (tertiary/aromatic N) is 3. The molecule has 0 radical (unpaired) electrons. The van der Waals surface area contributed by atoms with Gasteiger partial charge in [0.1, 0.15) is 5.82 Å². The summed E-state index contributed by atoms with van der Waals surface area (Å²) in [5.41, 5.74) is 5.64. The smallest absolute Gasteiger partial charge is 0.222 e. The van der Waals surface area contributed by atoms with Crippen LogP contribution in [-0.4, -0.2) is 23.1 Å². The van der Waals surface area contributed by atoms with Gasteiger partial charge in [-0.25, -0.2) is 4.98 Å². The van der Waals surface area contributed by atoms with Crippen molar-refractivity contribution in [3.05, 3.63) is 10.7 Å². The molecule has 1 aliphatic carbocycles. The van der Waals surface area contributed by atoms with E-state index in [0.29, 0.717) is 5.95 Å². The Labute approximate surface area is 104 Å². The lowest BCUT2D eigenvalue weighted by Crippen LogP contribution is -2.28. The summed E-state index contributed by atoms with van der Waals surface area (Å²) in [7, 11) is 0. The molecule has 0 aromatic carbocycles. The van der Waals surface area contributed by atoms with Crippen molar-refractivity contribution < 1.29 is 0 Å². The minimum absolute atomic E-state index is 0.343. The first-order valence-electron chi connectivity index (χ1n) is 5.73. The second-order valence-corrected chi connectivity index (χ2v) is 5.14. The van der Waals surface area contributed by atoms with Crippen molar-refractivity contribution in [2.24, 2.45) is 5.92 Å². The van der Waals surface area contributed by atoms with Crippen molar-refractivity contribution in [2.45, 2.75) is 26.2 Å². The number of hydrogen-bond acceptors (Lipinski definition) is 4. The molecular weight excluding hydrogens is 268 g/mol. The van der Waals surface area contributed by atoms with Crippen LogP contribution in [0.2, 0.25) is 0 Å². The average molecular weight is 285 g/mol. The molecule has 5 heteroatoms. The van der Waals surface area contributed by atoms with Crippen LogP contribution in [-0.2, 0) is 0 Å². The van der Waals surface area contributed by atoms with E-state index in [1.165, 1.54) is 12.8 Å². The number of anilines is 2. The number of nitrogens with two attached hydrogens (primary N) is 1. The van der Waals surface area contributed by atoms with Crippen LogP contribution in [0.5, 0.6) is 0 Å². The normalized spacial score (nSPS) is 15.1. The van der Waals surface area contributed by atoms with E-state index in [-0.39, 0.29) is 0 Å². The molecule has 1 aliphatic rings. The van der Waals surface area contributed by atoms with Gasteiger partial charge in [-0.15, -0.1) is 0 Å². The molecule has 0 bridgehead atoms. The third kappa shape index (κ3) is 2.84. The highest BCUT2D eigenvalue weighted by Crippen LogP contribution is 2.33. The SMILES string of the molecule is CCCN(CC1CC1)c1nc(N)ncc1Br. The number of aromatic nitrogens is 2. The molecular formula is C11H17BrN4. The molecule has 0 atom stereocenters. The molecule has 1 aromatic heterocycles. The van der Waals surface area contributed by atoms with E-state index in [4.69, 9.17) is 5.73 Å². The highest BCUT2D eigenvalue weighted by atomic mass is 79.9. The Balaban J connectivity index is 2.18. The lowest BCUT2D eigenvalue weighted by Gasteiger charge is -2.24. The minimum atomic E-state index is 0.343. The van der Waals surface area contributed by atoms with Crippen LogP contribution in [0.25, 0.3) is 0 Å². The first-order chi connectivity index (χ1) is 7.70. The molecule has 88 valence electrons. The number of nitrogen functional groups attached to an aromatic ring is 1. The summed E-state index contributed by atoms with van der Waals surface area (Å²) in [5.74, 6) is 2.12. The van der Waals surface area contributed by atoms with Crippen LogP contribution in [0.3, 0.4) is 0 Å². The van der Waals surface area contributed by atoms with Crippen LogP contribution in [0, 0.1) is 5.92 Å². The summed E-state index contributed by atoms with van der Waals surface area (Å²) < 4.78 is 0.927. The molecule has 4 nitrogen and oxygen atoms in total. The zero-order valence-electron chi connectivity index (χ0n) is 9.49. The van der Waals surface area contributed by atoms with Crippen LogP contribution in [0.4, 0.5) is 11.8 Å². The molecule has 1 fully saturated rings. The van der Waals surface area contributed by atoms with Crippen LogP contribution in [0.15, 0.2) is 10.7 Å². The first kappa shape index (κ1) is 11.6. The van der Waals surface area contributed by atoms with Crippen molar-refractivity contribution in [1.82, 2.24) is 9.97 Å². The maximum Gasteiger partial charge on any atom is 0.222 e. The highest BCUT2D eigenvalue weighted by molar-refractivity contribution is 9.10. The van der Waals surface area contributed by atoms with E-state index < -0.39 is 0 Å². The average Bonchev–Trinajstić information content (AvgIpc) is 3.05. The fourth-order valence-corrected chi connectivity index (χ4v) is 2.20. The minimum Gasteiger partial charge on any atom is -0.368 e. The monoisotopic (exact) mass is 284 g/mol. The largest absolute Gasteiger partial charge is 0.368 e. The molecule has 0 spiro atoms. The Morgan fingerprint density at radius 1 is 1.56 bits per heavy atom. The van der Waals surface area contributed by atoms with Crippen molar-refractivity contribution in [3.63, 3.8) is 0 Å². The molecule has 0 amide bonds. The predicted molar refractivity (Wildman–Crippen MR) is 69.4 cm³/mol. The summed E-state index contributed by atoms with van der Waals surface area (Å²) in [4.78, 5) is 10.6.